The van der Waals surface area contributed by atoms with E-state index >= 15 is 0 Å². The van der Waals surface area contributed by atoms with Crippen molar-refractivity contribution in [1.29, 1.82) is 0 Å². The zero-order valence-corrected chi connectivity index (χ0v) is 11.3. The van der Waals surface area contributed by atoms with Crippen molar-refractivity contribution in [3.05, 3.63) is 74.3 Å². The van der Waals surface area contributed by atoms with Crippen LogP contribution in [0.25, 0.3) is 0 Å². The number of halogens is 1. The molecule has 0 unspecified atom stereocenters. The average Bonchev–Trinajstić information content (AvgIpc) is 2.46. The van der Waals surface area contributed by atoms with Gasteiger partial charge in [0.05, 0.1) is 10.6 Å². The highest BCUT2D eigenvalue weighted by atomic mass is 35.5. The van der Waals surface area contributed by atoms with Gasteiger partial charge in [0.2, 0.25) is 0 Å². The smallest absolute Gasteiger partial charge is 0.270 e. The predicted molar refractivity (Wildman–Crippen MR) is 78.8 cm³/mol. The lowest BCUT2D eigenvalue weighted by atomic mass is 9.93. The monoisotopic (exact) mass is 286 g/mol. The fourth-order valence-electron chi connectivity index (χ4n) is 2.37. The first-order valence-corrected chi connectivity index (χ1v) is 6.61. The third-order valence-corrected chi connectivity index (χ3v) is 3.54. The molecule has 20 heavy (non-hydrogen) atoms. The Morgan fingerprint density at radius 3 is 2.85 bits per heavy atom. The summed E-state index contributed by atoms with van der Waals surface area (Å²) < 4.78 is 0. The number of hydrogen-bond donors (Lipinski definition) is 0. The van der Waals surface area contributed by atoms with E-state index in [0.717, 1.165) is 23.3 Å². The quantitative estimate of drug-likeness (QED) is 0.625. The maximum absolute atomic E-state index is 10.9. The van der Waals surface area contributed by atoms with Gasteiger partial charge in [-0.2, -0.15) is 0 Å². The molecule has 0 fully saturated rings. The van der Waals surface area contributed by atoms with Gasteiger partial charge in [0.1, 0.15) is 0 Å². The summed E-state index contributed by atoms with van der Waals surface area (Å²) in [5.41, 5.74) is 3.73. The van der Waals surface area contributed by atoms with Gasteiger partial charge in [0.25, 0.3) is 5.69 Å². The molecule has 5 heteroatoms. The summed E-state index contributed by atoms with van der Waals surface area (Å²) in [5.74, 6) is 0. The fraction of sp³-hybridized carbons (Fsp3) is 0.133. The second-order valence-electron chi connectivity index (χ2n) is 4.59. The lowest BCUT2D eigenvalue weighted by Crippen LogP contribution is -2.14. The lowest BCUT2D eigenvalue weighted by molar-refractivity contribution is -0.384. The molecule has 0 N–H and O–H groups in total. The van der Waals surface area contributed by atoms with Crippen molar-refractivity contribution < 1.29 is 4.92 Å². The molecule has 100 valence electrons. The van der Waals surface area contributed by atoms with Gasteiger partial charge in [-0.05, 0) is 24.1 Å². The molecule has 4 nitrogen and oxygen atoms in total. The zero-order chi connectivity index (χ0) is 14.1. The molecule has 0 atom stereocenters. The molecule has 0 saturated heterocycles. The molecule has 1 heterocycles. The second kappa shape index (κ2) is 5.06. The number of non-ortho nitro benzene ring substituents is 1. The van der Waals surface area contributed by atoms with Crippen LogP contribution >= 0.6 is 11.6 Å². The van der Waals surface area contributed by atoms with Crippen LogP contribution in [-0.4, -0.2) is 17.2 Å². The predicted octanol–water partition coefficient (Wildman–Crippen LogP) is 3.64. The normalized spacial score (nSPS) is 13.6. The minimum absolute atomic E-state index is 0.0688. The molecular weight excluding hydrogens is 276 g/mol. The molecule has 0 radical (unpaired) electrons. The lowest BCUT2D eigenvalue weighted by Gasteiger charge is -2.17. The summed E-state index contributed by atoms with van der Waals surface area (Å²) in [5, 5.41) is 11.5. The minimum Gasteiger partial charge on any atom is -0.284 e. The van der Waals surface area contributed by atoms with E-state index < -0.39 is 4.92 Å². The number of aliphatic imine (C=N–C) groups is 1. The summed E-state index contributed by atoms with van der Waals surface area (Å²) in [6, 6.07) is 12.3. The Balaban J connectivity index is 2.12. The number of nitrogens with zero attached hydrogens (tertiary/aromatic N) is 2. The third-order valence-electron chi connectivity index (χ3n) is 3.31. The Bertz CT molecular complexity index is 726. The first kappa shape index (κ1) is 12.8. The van der Waals surface area contributed by atoms with Gasteiger partial charge in [0, 0.05) is 34.8 Å². The summed E-state index contributed by atoms with van der Waals surface area (Å²) in [6.07, 6.45) is 0.866. The largest absolute Gasteiger partial charge is 0.284 e. The van der Waals surface area contributed by atoms with Crippen LogP contribution in [0.5, 0.6) is 0 Å². The molecule has 1 aliphatic rings. The molecule has 0 aliphatic carbocycles. The van der Waals surface area contributed by atoms with Crippen molar-refractivity contribution in [1.82, 2.24) is 0 Å². The molecular formula is C15H11ClN2O2. The highest BCUT2D eigenvalue weighted by Crippen LogP contribution is 2.25. The molecule has 0 aromatic heterocycles. The van der Waals surface area contributed by atoms with Crippen LogP contribution in [0.15, 0.2) is 47.5 Å². The third kappa shape index (κ3) is 2.30. The first-order chi connectivity index (χ1) is 9.65. The summed E-state index contributed by atoms with van der Waals surface area (Å²) in [6.45, 7) is 0.687. The van der Waals surface area contributed by atoms with E-state index in [1.807, 2.05) is 24.3 Å². The summed E-state index contributed by atoms with van der Waals surface area (Å²) >= 11 is 6.05. The van der Waals surface area contributed by atoms with Crippen molar-refractivity contribution in [3.63, 3.8) is 0 Å². The Kier molecular flexibility index (Phi) is 3.24. The first-order valence-electron chi connectivity index (χ1n) is 6.23. The van der Waals surface area contributed by atoms with Gasteiger partial charge in [-0.1, -0.05) is 29.8 Å². The van der Waals surface area contributed by atoms with Crippen LogP contribution in [0.2, 0.25) is 5.02 Å². The van der Waals surface area contributed by atoms with E-state index in [0.29, 0.717) is 11.6 Å². The van der Waals surface area contributed by atoms with E-state index in [-0.39, 0.29) is 5.69 Å². The number of nitro benzene ring substituents is 1. The van der Waals surface area contributed by atoms with Gasteiger partial charge in [-0.15, -0.1) is 0 Å². The van der Waals surface area contributed by atoms with Crippen molar-refractivity contribution in [2.45, 2.75) is 6.42 Å². The Hall–Kier alpha value is -2.20. The van der Waals surface area contributed by atoms with Crippen molar-refractivity contribution >= 4 is 23.0 Å². The Labute approximate surface area is 120 Å². The maximum Gasteiger partial charge on any atom is 0.270 e. The number of fused-ring (bicyclic) bond motifs is 1. The zero-order valence-electron chi connectivity index (χ0n) is 10.5. The molecule has 3 rings (SSSR count). The molecule has 1 aliphatic heterocycles. The maximum atomic E-state index is 10.9. The highest BCUT2D eigenvalue weighted by molar-refractivity contribution is 6.31. The van der Waals surface area contributed by atoms with Gasteiger partial charge < -0.3 is 0 Å². The van der Waals surface area contributed by atoms with Crippen LogP contribution in [0.4, 0.5) is 5.69 Å². The van der Waals surface area contributed by atoms with Crippen LogP contribution in [0.3, 0.4) is 0 Å². The van der Waals surface area contributed by atoms with Gasteiger partial charge >= 0.3 is 0 Å². The van der Waals surface area contributed by atoms with E-state index in [1.165, 1.54) is 11.6 Å². The number of rotatable bonds is 2. The van der Waals surface area contributed by atoms with E-state index in [2.05, 4.69) is 4.99 Å². The fourth-order valence-corrected chi connectivity index (χ4v) is 2.55. The van der Waals surface area contributed by atoms with Gasteiger partial charge in [0.15, 0.2) is 0 Å². The molecule has 2 aromatic rings. The summed E-state index contributed by atoms with van der Waals surface area (Å²) in [4.78, 5) is 15.0. The Morgan fingerprint density at radius 2 is 2.05 bits per heavy atom. The van der Waals surface area contributed by atoms with Crippen molar-refractivity contribution in [2.24, 2.45) is 4.99 Å². The minimum atomic E-state index is -0.397. The van der Waals surface area contributed by atoms with Crippen LogP contribution in [0.1, 0.15) is 16.7 Å². The molecule has 0 amide bonds. The van der Waals surface area contributed by atoms with Crippen LogP contribution < -0.4 is 0 Å². The van der Waals surface area contributed by atoms with Crippen LogP contribution in [0, 0.1) is 10.1 Å². The molecule has 2 aromatic carbocycles. The number of benzene rings is 2. The summed E-state index contributed by atoms with van der Waals surface area (Å²) in [7, 11) is 0. The standard InChI is InChI=1S/C15H11ClN2O2/c16-12-5-4-10-6-7-17-15(14(10)9-12)11-2-1-3-13(8-11)18(19)20/h1-5,8-9H,6-7H2. The Morgan fingerprint density at radius 1 is 1.20 bits per heavy atom. The van der Waals surface area contributed by atoms with Gasteiger partial charge in [-0.3, -0.25) is 15.1 Å². The van der Waals surface area contributed by atoms with Crippen molar-refractivity contribution in [3.8, 4) is 0 Å². The molecule has 0 saturated carbocycles. The van der Waals surface area contributed by atoms with Crippen molar-refractivity contribution in [2.75, 3.05) is 6.54 Å². The highest BCUT2D eigenvalue weighted by Gasteiger charge is 2.18. The van der Waals surface area contributed by atoms with E-state index in [9.17, 15) is 10.1 Å². The average molecular weight is 287 g/mol. The van der Waals surface area contributed by atoms with Crippen LogP contribution in [-0.2, 0) is 6.42 Å². The second-order valence-corrected chi connectivity index (χ2v) is 5.03. The molecule has 0 bridgehead atoms. The number of hydrogen-bond acceptors (Lipinski definition) is 3. The van der Waals surface area contributed by atoms with Gasteiger partial charge in [-0.25, -0.2) is 0 Å². The number of nitro groups is 1. The van der Waals surface area contributed by atoms with E-state index in [4.69, 9.17) is 11.6 Å². The SMILES string of the molecule is O=[N+]([O-])c1cccc(C2=NCCc3ccc(Cl)cc32)c1. The van der Waals surface area contributed by atoms with E-state index in [1.54, 1.807) is 12.1 Å². The molecule has 0 spiro atoms. The topological polar surface area (TPSA) is 55.5 Å².